The maximum Gasteiger partial charge on any atom is 0.241 e. The maximum atomic E-state index is 12.2. The average molecular weight is 351 g/mol. The molecule has 6 nitrogen and oxygen atoms in total. The number of nitrogens with one attached hydrogen (secondary N) is 3. The summed E-state index contributed by atoms with van der Waals surface area (Å²) in [6.45, 7) is 2.97. The molecular weight excluding hydrogens is 326 g/mol. The van der Waals surface area contributed by atoms with E-state index < -0.39 is 0 Å². The van der Waals surface area contributed by atoms with E-state index in [1.807, 2.05) is 30.6 Å². The first-order chi connectivity index (χ1) is 12.8. The zero-order valence-electron chi connectivity index (χ0n) is 14.9. The van der Waals surface area contributed by atoms with E-state index in [1.54, 1.807) is 4.68 Å². The number of benzene rings is 1. The third kappa shape index (κ3) is 3.80. The van der Waals surface area contributed by atoms with Crippen LogP contribution in [0.2, 0.25) is 0 Å². The zero-order chi connectivity index (χ0) is 17.8. The van der Waals surface area contributed by atoms with E-state index in [2.05, 4.69) is 32.8 Å². The highest BCUT2D eigenvalue weighted by Crippen LogP contribution is 2.21. The highest BCUT2D eigenvalue weighted by molar-refractivity contribution is 5.83. The summed E-state index contributed by atoms with van der Waals surface area (Å²) in [6.07, 6.45) is 7.10. The zero-order valence-corrected chi connectivity index (χ0v) is 14.9. The topological polar surface area (TPSA) is 74.7 Å². The van der Waals surface area contributed by atoms with Crippen molar-refractivity contribution in [3.63, 3.8) is 0 Å². The molecule has 1 fully saturated rings. The second kappa shape index (κ2) is 7.74. The predicted molar refractivity (Wildman–Crippen MR) is 102 cm³/mol. The number of para-hydroxylation sites is 1. The molecule has 1 amide bonds. The van der Waals surface area contributed by atoms with Gasteiger partial charge in [-0.05, 0) is 43.5 Å². The third-order valence-electron chi connectivity index (χ3n) is 5.07. The van der Waals surface area contributed by atoms with Gasteiger partial charge in [-0.1, -0.05) is 18.2 Å². The molecule has 1 aromatic carbocycles. The van der Waals surface area contributed by atoms with Crippen molar-refractivity contribution < 1.29 is 4.79 Å². The summed E-state index contributed by atoms with van der Waals surface area (Å²) < 4.78 is 1.74. The first kappa shape index (κ1) is 16.8. The Morgan fingerprint density at radius 2 is 2.23 bits per heavy atom. The number of hydrogen-bond donors (Lipinski definition) is 3. The van der Waals surface area contributed by atoms with Gasteiger partial charge >= 0.3 is 0 Å². The van der Waals surface area contributed by atoms with Crippen LogP contribution in [0.5, 0.6) is 0 Å². The van der Waals surface area contributed by atoms with Crippen LogP contribution in [0.3, 0.4) is 0 Å². The van der Waals surface area contributed by atoms with Crippen LogP contribution in [-0.4, -0.2) is 40.3 Å². The third-order valence-corrected chi connectivity index (χ3v) is 5.07. The molecule has 0 unspecified atom stereocenters. The van der Waals surface area contributed by atoms with Crippen molar-refractivity contribution in [1.82, 2.24) is 25.4 Å². The van der Waals surface area contributed by atoms with Gasteiger partial charge in [0.15, 0.2) is 0 Å². The van der Waals surface area contributed by atoms with Crippen LogP contribution >= 0.6 is 0 Å². The Bertz CT molecular complexity index is 875. The minimum absolute atomic E-state index is 0.00117. The van der Waals surface area contributed by atoms with Crippen molar-refractivity contribution in [3.8, 4) is 0 Å². The first-order valence-electron chi connectivity index (χ1n) is 9.35. The smallest absolute Gasteiger partial charge is 0.241 e. The lowest BCUT2D eigenvalue weighted by Crippen LogP contribution is -2.30. The molecule has 6 heteroatoms. The molecule has 2 aromatic heterocycles. The average Bonchev–Trinajstić information content (AvgIpc) is 3.30. The van der Waals surface area contributed by atoms with E-state index in [0.29, 0.717) is 12.5 Å². The lowest BCUT2D eigenvalue weighted by atomic mass is 9.97. The lowest BCUT2D eigenvalue weighted by Gasteiger charge is -2.20. The summed E-state index contributed by atoms with van der Waals surface area (Å²) in [5.74, 6) is 0.469. The minimum atomic E-state index is 0.00117. The fourth-order valence-electron chi connectivity index (χ4n) is 3.67. The molecule has 4 rings (SSSR count). The number of nitrogens with zero attached hydrogens (tertiary/aromatic N) is 2. The summed E-state index contributed by atoms with van der Waals surface area (Å²) in [4.78, 5) is 15.5. The summed E-state index contributed by atoms with van der Waals surface area (Å²) in [7, 11) is 0. The van der Waals surface area contributed by atoms with E-state index in [0.717, 1.165) is 30.7 Å². The van der Waals surface area contributed by atoms with Crippen LogP contribution in [0.1, 0.15) is 30.0 Å². The van der Waals surface area contributed by atoms with Gasteiger partial charge in [0, 0.05) is 42.3 Å². The van der Waals surface area contributed by atoms with Gasteiger partial charge in [-0.25, -0.2) is 0 Å². The van der Waals surface area contributed by atoms with Gasteiger partial charge < -0.3 is 15.6 Å². The molecule has 0 bridgehead atoms. The number of H-pyrrole nitrogens is 1. The summed E-state index contributed by atoms with van der Waals surface area (Å²) in [5, 5.41) is 12.2. The Balaban J connectivity index is 1.27. The van der Waals surface area contributed by atoms with Crippen molar-refractivity contribution in [2.75, 3.05) is 19.6 Å². The number of carbonyl (C=O) groups excluding carboxylic acids is 1. The Labute approximate surface area is 153 Å². The molecule has 0 saturated carbocycles. The second-order valence-corrected chi connectivity index (χ2v) is 6.94. The fraction of sp³-hybridized carbons (Fsp3) is 0.400. The Hall–Kier alpha value is -2.60. The molecule has 1 aliphatic rings. The molecule has 0 radical (unpaired) electrons. The number of aromatic amines is 1. The highest BCUT2D eigenvalue weighted by Gasteiger charge is 2.17. The van der Waals surface area contributed by atoms with Crippen molar-refractivity contribution in [3.05, 3.63) is 54.0 Å². The Kier molecular flexibility index (Phi) is 5.02. The molecule has 1 aliphatic heterocycles. The van der Waals surface area contributed by atoms with Gasteiger partial charge in [0.2, 0.25) is 5.91 Å². The van der Waals surface area contributed by atoms with Crippen molar-refractivity contribution in [1.29, 1.82) is 0 Å². The van der Waals surface area contributed by atoms with E-state index in [-0.39, 0.29) is 12.5 Å². The number of aromatic nitrogens is 3. The minimum Gasteiger partial charge on any atom is -0.361 e. The highest BCUT2D eigenvalue weighted by atomic mass is 16.2. The van der Waals surface area contributed by atoms with Gasteiger partial charge in [-0.3, -0.25) is 9.48 Å². The number of rotatable bonds is 6. The Morgan fingerprint density at radius 3 is 3.12 bits per heavy atom. The van der Waals surface area contributed by atoms with Crippen molar-refractivity contribution >= 4 is 16.8 Å². The molecule has 136 valence electrons. The van der Waals surface area contributed by atoms with Crippen LogP contribution in [0.4, 0.5) is 0 Å². The normalized spacial score (nSPS) is 17.5. The number of piperidine rings is 1. The largest absolute Gasteiger partial charge is 0.361 e. The molecule has 0 spiro atoms. The van der Waals surface area contributed by atoms with Gasteiger partial charge in [0.05, 0.1) is 5.69 Å². The molecule has 1 atom stereocenters. The number of carbonyl (C=O) groups is 1. The van der Waals surface area contributed by atoms with Crippen LogP contribution < -0.4 is 10.6 Å². The van der Waals surface area contributed by atoms with E-state index in [9.17, 15) is 4.79 Å². The number of fused-ring (bicyclic) bond motifs is 1. The summed E-state index contributed by atoms with van der Waals surface area (Å²) in [6, 6.07) is 10.3. The van der Waals surface area contributed by atoms with Crippen LogP contribution in [0.15, 0.2) is 42.7 Å². The second-order valence-electron chi connectivity index (χ2n) is 6.94. The van der Waals surface area contributed by atoms with Crippen LogP contribution in [0.25, 0.3) is 10.9 Å². The van der Waals surface area contributed by atoms with E-state index >= 15 is 0 Å². The Morgan fingerprint density at radius 1 is 1.31 bits per heavy atom. The number of amides is 1. The van der Waals surface area contributed by atoms with E-state index in [4.69, 9.17) is 0 Å². The molecule has 3 N–H and O–H groups in total. The summed E-state index contributed by atoms with van der Waals surface area (Å²) in [5.41, 5.74) is 3.45. The van der Waals surface area contributed by atoms with Crippen molar-refractivity contribution in [2.45, 2.75) is 31.7 Å². The van der Waals surface area contributed by atoms with Gasteiger partial charge in [-0.15, -0.1) is 0 Å². The van der Waals surface area contributed by atoms with Gasteiger partial charge in [0.25, 0.3) is 0 Å². The van der Waals surface area contributed by atoms with Crippen LogP contribution in [0, 0.1) is 0 Å². The van der Waals surface area contributed by atoms with E-state index in [1.165, 1.54) is 23.8 Å². The monoisotopic (exact) mass is 351 g/mol. The predicted octanol–water partition coefficient (Wildman–Crippen LogP) is 2.19. The quantitative estimate of drug-likeness (QED) is 0.637. The molecule has 3 heterocycles. The molecular formula is C20H25N5O. The molecule has 26 heavy (non-hydrogen) atoms. The SMILES string of the molecule is O=C(Cn1ccc([C@H]2CCCNC2)n1)NCCc1c[nH]c2ccccc12. The standard InChI is InChI=1S/C20H25N5O/c26-20(14-25-11-8-18(24-25)16-4-3-9-21-12-16)22-10-7-15-13-23-19-6-2-1-5-17(15)19/h1-2,5-6,8,11,13,16,21,23H,3-4,7,9-10,12,14H2,(H,22,26)/t16-/m0/s1. The van der Waals surface area contributed by atoms with Crippen LogP contribution in [-0.2, 0) is 17.8 Å². The molecule has 1 saturated heterocycles. The fourth-order valence-corrected chi connectivity index (χ4v) is 3.67. The number of hydrogen-bond acceptors (Lipinski definition) is 3. The lowest BCUT2D eigenvalue weighted by molar-refractivity contribution is -0.121. The molecule has 3 aromatic rings. The first-order valence-corrected chi connectivity index (χ1v) is 9.35. The maximum absolute atomic E-state index is 12.2. The van der Waals surface area contributed by atoms with Gasteiger partial charge in [0.1, 0.15) is 6.54 Å². The van der Waals surface area contributed by atoms with Gasteiger partial charge in [-0.2, -0.15) is 5.10 Å². The molecule has 0 aliphatic carbocycles. The summed E-state index contributed by atoms with van der Waals surface area (Å²) >= 11 is 0. The van der Waals surface area contributed by atoms with Crippen molar-refractivity contribution in [2.24, 2.45) is 0 Å².